The number of hydrogen-bond donors (Lipinski definition) is 2. The van der Waals surface area contributed by atoms with Crippen molar-refractivity contribution in [1.29, 1.82) is 5.41 Å². The maximum atomic E-state index is 7.83. The lowest BCUT2D eigenvalue weighted by molar-refractivity contribution is 0.623. The highest BCUT2D eigenvalue weighted by Crippen LogP contribution is 2.35. The fourth-order valence-corrected chi connectivity index (χ4v) is 4.76. The molecule has 0 amide bonds. The fourth-order valence-electron chi connectivity index (χ4n) is 2.56. The predicted molar refractivity (Wildman–Crippen MR) is 86.5 cm³/mol. The molecule has 0 spiro atoms. The van der Waals surface area contributed by atoms with E-state index in [1.165, 1.54) is 36.3 Å². The van der Waals surface area contributed by atoms with Crippen LogP contribution in [0.25, 0.3) is 0 Å². The van der Waals surface area contributed by atoms with Crippen LogP contribution in [0.2, 0.25) is 0 Å². The smallest absolute Gasteiger partial charge is 0.125 e. The Hall–Kier alpha value is -0.610. The Kier molecular flexibility index (Phi) is 5.64. The summed E-state index contributed by atoms with van der Waals surface area (Å²) >= 11 is 3.65. The van der Waals surface area contributed by atoms with Crippen LogP contribution in [0.15, 0.2) is 28.0 Å². The highest BCUT2D eigenvalue weighted by molar-refractivity contribution is 8.00. The van der Waals surface area contributed by atoms with Crippen molar-refractivity contribution in [2.45, 2.75) is 42.4 Å². The summed E-state index contributed by atoms with van der Waals surface area (Å²) in [5, 5.41) is 7.83. The van der Waals surface area contributed by atoms with E-state index in [0.717, 1.165) is 22.1 Å². The van der Waals surface area contributed by atoms with E-state index in [1.807, 2.05) is 11.8 Å². The molecule has 0 aromatic heterocycles. The number of nitrogens with one attached hydrogen (secondary N) is 1. The van der Waals surface area contributed by atoms with Crippen LogP contribution in [-0.4, -0.2) is 17.3 Å². The maximum absolute atomic E-state index is 7.83. The minimum atomic E-state index is 0.200. The third-order valence-corrected chi connectivity index (χ3v) is 5.74. The van der Waals surface area contributed by atoms with Gasteiger partial charge in [0.25, 0.3) is 0 Å². The van der Waals surface area contributed by atoms with Gasteiger partial charge in [0.05, 0.1) is 0 Å². The molecule has 1 aliphatic carbocycles. The van der Waals surface area contributed by atoms with Crippen molar-refractivity contribution in [2.75, 3.05) is 11.5 Å². The second-order valence-corrected chi connectivity index (χ2v) is 7.31. The summed E-state index contributed by atoms with van der Waals surface area (Å²) in [6.45, 7) is 2.13. The van der Waals surface area contributed by atoms with Crippen molar-refractivity contribution < 1.29 is 0 Å². The van der Waals surface area contributed by atoms with Crippen molar-refractivity contribution in [1.82, 2.24) is 0 Å². The van der Waals surface area contributed by atoms with Gasteiger partial charge in [0.15, 0.2) is 0 Å². The molecule has 0 aliphatic heterocycles. The van der Waals surface area contributed by atoms with Gasteiger partial charge in [-0.2, -0.15) is 0 Å². The van der Waals surface area contributed by atoms with Crippen LogP contribution < -0.4 is 5.73 Å². The fraction of sp³-hybridized carbons (Fsp3) is 0.533. The molecular formula is C15H22N2S2. The van der Waals surface area contributed by atoms with E-state index in [4.69, 9.17) is 11.1 Å². The second kappa shape index (κ2) is 7.25. The molecule has 1 fully saturated rings. The largest absolute Gasteiger partial charge is 0.384 e. The number of benzene rings is 1. The zero-order valence-corrected chi connectivity index (χ0v) is 13.1. The van der Waals surface area contributed by atoms with Gasteiger partial charge >= 0.3 is 0 Å². The molecule has 0 atom stereocenters. The Labute approximate surface area is 124 Å². The molecule has 0 unspecified atom stereocenters. The summed E-state index contributed by atoms with van der Waals surface area (Å²) in [7, 11) is 0. The molecule has 19 heavy (non-hydrogen) atoms. The molecule has 1 aromatic carbocycles. The Balaban J connectivity index is 2.13. The van der Waals surface area contributed by atoms with E-state index in [-0.39, 0.29) is 5.84 Å². The Morgan fingerprint density at radius 1 is 1.26 bits per heavy atom. The zero-order valence-electron chi connectivity index (χ0n) is 11.4. The highest BCUT2D eigenvalue weighted by atomic mass is 32.2. The molecule has 0 bridgehead atoms. The molecular weight excluding hydrogens is 272 g/mol. The first-order chi connectivity index (χ1) is 9.22. The average molecular weight is 294 g/mol. The van der Waals surface area contributed by atoms with Gasteiger partial charge < -0.3 is 5.73 Å². The van der Waals surface area contributed by atoms with Crippen molar-refractivity contribution >= 4 is 29.4 Å². The predicted octanol–water partition coefficient (Wildman–Crippen LogP) is 4.36. The van der Waals surface area contributed by atoms with Gasteiger partial charge in [-0.15, -0.1) is 23.5 Å². The SMILES string of the molecule is CCSc1cccc(SCC2CCCC2)c1C(=N)N. The Morgan fingerprint density at radius 2 is 1.89 bits per heavy atom. The monoisotopic (exact) mass is 294 g/mol. The van der Waals surface area contributed by atoms with Crippen molar-refractivity contribution in [3.63, 3.8) is 0 Å². The van der Waals surface area contributed by atoms with Crippen LogP contribution in [0.5, 0.6) is 0 Å². The number of amidine groups is 1. The first-order valence-corrected chi connectivity index (χ1v) is 8.92. The normalized spacial score (nSPS) is 15.8. The number of nitrogens with two attached hydrogens (primary N) is 1. The van der Waals surface area contributed by atoms with Crippen LogP contribution in [-0.2, 0) is 0 Å². The lowest BCUT2D eigenvalue weighted by Gasteiger charge is -2.14. The summed E-state index contributed by atoms with van der Waals surface area (Å²) in [6.07, 6.45) is 5.50. The van der Waals surface area contributed by atoms with Gasteiger partial charge in [0.1, 0.15) is 5.84 Å². The van der Waals surface area contributed by atoms with E-state index in [9.17, 15) is 0 Å². The molecule has 104 valence electrons. The van der Waals surface area contributed by atoms with Crippen LogP contribution in [0.1, 0.15) is 38.2 Å². The van der Waals surface area contributed by atoms with Crippen molar-refractivity contribution in [3.8, 4) is 0 Å². The van der Waals surface area contributed by atoms with E-state index in [2.05, 4.69) is 25.1 Å². The van der Waals surface area contributed by atoms with Crippen molar-refractivity contribution in [3.05, 3.63) is 23.8 Å². The molecule has 2 rings (SSSR count). The van der Waals surface area contributed by atoms with E-state index in [1.54, 1.807) is 11.8 Å². The minimum absolute atomic E-state index is 0.200. The van der Waals surface area contributed by atoms with E-state index in [0.29, 0.717) is 0 Å². The highest BCUT2D eigenvalue weighted by Gasteiger charge is 2.17. The molecule has 0 heterocycles. The summed E-state index contributed by atoms with van der Waals surface area (Å²) < 4.78 is 0. The summed E-state index contributed by atoms with van der Waals surface area (Å²) in [4.78, 5) is 2.32. The number of rotatable bonds is 6. The zero-order chi connectivity index (χ0) is 13.7. The Bertz CT molecular complexity index is 440. The van der Waals surface area contributed by atoms with Gasteiger partial charge in [0.2, 0.25) is 0 Å². The Morgan fingerprint density at radius 3 is 2.47 bits per heavy atom. The molecule has 3 N–H and O–H groups in total. The van der Waals surface area contributed by atoms with E-state index >= 15 is 0 Å². The second-order valence-electron chi connectivity index (χ2n) is 4.94. The molecule has 1 saturated carbocycles. The first kappa shape index (κ1) is 14.8. The van der Waals surface area contributed by atoms with Crippen LogP contribution in [0.4, 0.5) is 0 Å². The molecule has 1 aliphatic rings. The van der Waals surface area contributed by atoms with Crippen LogP contribution in [0, 0.1) is 11.3 Å². The summed E-state index contributed by atoms with van der Waals surface area (Å²) in [6, 6.07) is 6.27. The molecule has 2 nitrogen and oxygen atoms in total. The van der Waals surface area contributed by atoms with Gasteiger partial charge in [-0.05, 0) is 36.6 Å². The average Bonchev–Trinajstić information content (AvgIpc) is 2.89. The van der Waals surface area contributed by atoms with Crippen LogP contribution in [0.3, 0.4) is 0 Å². The third kappa shape index (κ3) is 3.93. The maximum Gasteiger partial charge on any atom is 0.125 e. The topological polar surface area (TPSA) is 49.9 Å². The molecule has 4 heteroatoms. The number of nitrogen functional groups attached to an aromatic ring is 1. The molecule has 0 radical (unpaired) electrons. The summed E-state index contributed by atoms with van der Waals surface area (Å²) in [5.74, 6) is 3.23. The number of hydrogen-bond acceptors (Lipinski definition) is 3. The van der Waals surface area contributed by atoms with Gasteiger partial charge in [-0.3, -0.25) is 5.41 Å². The lowest BCUT2D eigenvalue weighted by atomic mass is 10.1. The van der Waals surface area contributed by atoms with Gasteiger partial charge in [-0.25, -0.2) is 0 Å². The minimum Gasteiger partial charge on any atom is -0.384 e. The lowest BCUT2D eigenvalue weighted by Crippen LogP contribution is -2.14. The summed E-state index contributed by atoms with van der Waals surface area (Å²) in [5.41, 5.74) is 6.73. The number of thioether (sulfide) groups is 2. The third-order valence-electron chi connectivity index (χ3n) is 3.51. The van der Waals surface area contributed by atoms with Crippen LogP contribution >= 0.6 is 23.5 Å². The standard InChI is InChI=1S/C15H22N2S2/c1-2-18-12-8-5-9-13(14(12)15(16)17)19-10-11-6-3-4-7-11/h5,8-9,11H,2-4,6-7,10H2,1H3,(H3,16,17). The quantitative estimate of drug-likeness (QED) is 0.465. The first-order valence-electron chi connectivity index (χ1n) is 6.95. The van der Waals surface area contributed by atoms with Gasteiger partial charge in [-0.1, -0.05) is 25.8 Å². The molecule has 1 aromatic rings. The molecule has 0 saturated heterocycles. The van der Waals surface area contributed by atoms with E-state index < -0.39 is 0 Å². The van der Waals surface area contributed by atoms with Gasteiger partial charge in [0, 0.05) is 21.1 Å². The van der Waals surface area contributed by atoms with Crippen molar-refractivity contribution in [2.24, 2.45) is 11.7 Å².